The normalized spacial score (nSPS) is 17.0. The second-order valence-electron chi connectivity index (χ2n) is 7.58. The summed E-state index contributed by atoms with van der Waals surface area (Å²) in [5.74, 6) is 1.43. The van der Waals surface area contributed by atoms with Gasteiger partial charge in [-0.2, -0.15) is 5.10 Å². The maximum Gasteiger partial charge on any atom is 0.345 e. The number of carbonyl (C=O) groups excluding carboxylic acids is 1. The lowest BCUT2D eigenvalue weighted by Gasteiger charge is -2.32. The largest absolute Gasteiger partial charge is 0.480 e. The van der Waals surface area contributed by atoms with Gasteiger partial charge in [-0.3, -0.25) is 9.36 Å². The Kier molecular flexibility index (Phi) is 4.95. The van der Waals surface area contributed by atoms with E-state index >= 15 is 0 Å². The average Bonchev–Trinajstić information content (AvgIpc) is 3.30. The van der Waals surface area contributed by atoms with E-state index < -0.39 is 0 Å². The van der Waals surface area contributed by atoms with Gasteiger partial charge in [-0.1, -0.05) is 0 Å². The molecule has 150 valence electrons. The number of pyridine rings is 1. The van der Waals surface area contributed by atoms with E-state index in [0.717, 1.165) is 43.6 Å². The summed E-state index contributed by atoms with van der Waals surface area (Å²) >= 11 is 0. The Bertz CT molecular complexity index is 953. The van der Waals surface area contributed by atoms with Crippen LogP contribution >= 0.6 is 0 Å². The van der Waals surface area contributed by atoms with E-state index in [1.54, 1.807) is 18.7 Å². The van der Waals surface area contributed by atoms with Crippen LogP contribution in [-0.2, 0) is 26.4 Å². The Morgan fingerprint density at radius 3 is 2.71 bits per heavy atom. The van der Waals surface area contributed by atoms with E-state index in [0.29, 0.717) is 31.1 Å². The lowest BCUT2D eigenvalue weighted by atomic mass is 9.95. The second-order valence-corrected chi connectivity index (χ2v) is 7.58. The number of piperidine rings is 1. The van der Waals surface area contributed by atoms with Crippen molar-refractivity contribution in [2.24, 2.45) is 7.05 Å². The topological polar surface area (TPSA) is 82.2 Å². The summed E-state index contributed by atoms with van der Waals surface area (Å²) in [6.45, 7) is 3.84. The van der Waals surface area contributed by atoms with Gasteiger partial charge >= 0.3 is 5.69 Å². The fourth-order valence-corrected chi connectivity index (χ4v) is 4.40. The number of ether oxygens (including phenoxy) is 1. The zero-order valence-electron chi connectivity index (χ0n) is 16.8. The number of rotatable bonds is 4. The number of likely N-dealkylation sites (tertiary alicyclic amines) is 1. The molecule has 4 rings (SSSR count). The Morgan fingerprint density at radius 2 is 2.04 bits per heavy atom. The Balaban J connectivity index is 1.51. The van der Waals surface area contributed by atoms with E-state index in [1.807, 2.05) is 17.9 Å². The first-order valence-corrected chi connectivity index (χ1v) is 10.0. The molecule has 0 saturated carbocycles. The fourth-order valence-electron chi connectivity index (χ4n) is 4.40. The minimum absolute atomic E-state index is 0.0218. The number of carbonyl (C=O) groups is 1. The summed E-state index contributed by atoms with van der Waals surface area (Å²) in [5, 5.41) is 4.43. The molecule has 8 heteroatoms. The van der Waals surface area contributed by atoms with E-state index in [-0.39, 0.29) is 17.5 Å². The van der Waals surface area contributed by atoms with Gasteiger partial charge in [0.15, 0.2) is 0 Å². The molecule has 28 heavy (non-hydrogen) atoms. The third-order valence-electron chi connectivity index (χ3n) is 5.94. The number of hydrogen-bond donors (Lipinski definition) is 0. The average molecular weight is 385 g/mol. The van der Waals surface area contributed by atoms with Crippen molar-refractivity contribution in [2.75, 3.05) is 20.2 Å². The molecular formula is C20H27N5O3. The molecule has 8 nitrogen and oxygen atoms in total. The van der Waals surface area contributed by atoms with Gasteiger partial charge in [0.25, 0.3) is 5.91 Å². The van der Waals surface area contributed by atoms with Gasteiger partial charge < -0.3 is 9.64 Å². The predicted molar refractivity (Wildman–Crippen MR) is 104 cm³/mol. The van der Waals surface area contributed by atoms with Crippen LogP contribution in [0.1, 0.15) is 59.5 Å². The highest BCUT2D eigenvalue weighted by molar-refractivity contribution is 5.96. The van der Waals surface area contributed by atoms with Crippen molar-refractivity contribution in [2.45, 2.75) is 51.5 Å². The van der Waals surface area contributed by atoms with Crippen molar-refractivity contribution in [3.05, 3.63) is 39.2 Å². The van der Waals surface area contributed by atoms with Crippen LogP contribution < -0.4 is 10.4 Å². The number of fused-ring (bicyclic) bond motifs is 1. The summed E-state index contributed by atoms with van der Waals surface area (Å²) in [6.07, 6.45) is 4.60. The van der Waals surface area contributed by atoms with Crippen LogP contribution in [-0.4, -0.2) is 50.3 Å². The number of methoxy groups -OCH3 is 1. The van der Waals surface area contributed by atoms with Crippen molar-refractivity contribution < 1.29 is 9.53 Å². The van der Waals surface area contributed by atoms with Gasteiger partial charge in [0.2, 0.25) is 5.88 Å². The summed E-state index contributed by atoms with van der Waals surface area (Å²) in [7, 11) is 3.25. The number of amides is 1. The van der Waals surface area contributed by atoms with E-state index in [4.69, 9.17) is 4.74 Å². The van der Waals surface area contributed by atoms with Gasteiger partial charge in [0.05, 0.1) is 7.11 Å². The molecule has 0 spiro atoms. The van der Waals surface area contributed by atoms with Crippen LogP contribution in [0.15, 0.2) is 10.9 Å². The molecule has 2 aliphatic rings. The third-order valence-corrected chi connectivity index (χ3v) is 5.94. The molecule has 1 fully saturated rings. The molecule has 0 unspecified atom stereocenters. The standard InChI is InChI=1S/C20H27N5O3/c1-4-25-17(22-23(2)20(25)27)13-8-10-24(11-9-13)19(26)15-12-14-6-5-7-16(14)21-18(15)28-3/h12-13H,4-11H2,1-3H3. The highest BCUT2D eigenvalue weighted by atomic mass is 16.5. The van der Waals surface area contributed by atoms with Crippen molar-refractivity contribution >= 4 is 5.91 Å². The van der Waals surface area contributed by atoms with Crippen molar-refractivity contribution in [1.82, 2.24) is 24.2 Å². The molecule has 1 aliphatic carbocycles. The lowest BCUT2D eigenvalue weighted by Crippen LogP contribution is -2.39. The maximum absolute atomic E-state index is 13.1. The van der Waals surface area contributed by atoms with Crippen LogP contribution in [0.5, 0.6) is 5.88 Å². The highest BCUT2D eigenvalue weighted by Gasteiger charge is 2.30. The first-order chi connectivity index (χ1) is 13.5. The second kappa shape index (κ2) is 7.41. The van der Waals surface area contributed by atoms with Crippen LogP contribution in [0, 0.1) is 0 Å². The molecule has 0 atom stereocenters. The van der Waals surface area contributed by atoms with Crippen LogP contribution in [0.2, 0.25) is 0 Å². The van der Waals surface area contributed by atoms with Crippen molar-refractivity contribution in [3.8, 4) is 5.88 Å². The van der Waals surface area contributed by atoms with E-state index in [2.05, 4.69) is 10.1 Å². The summed E-state index contributed by atoms with van der Waals surface area (Å²) in [5.41, 5.74) is 2.70. The van der Waals surface area contributed by atoms with E-state index in [1.165, 1.54) is 10.2 Å². The predicted octanol–water partition coefficient (Wildman–Crippen LogP) is 1.51. The van der Waals surface area contributed by atoms with Gasteiger partial charge in [-0.05, 0) is 50.7 Å². The summed E-state index contributed by atoms with van der Waals surface area (Å²) in [4.78, 5) is 31.7. The first-order valence-electron chi connectivity index (χ1n) is 10.0. The van der Waals surface area contributed by atoms with Gasteiger partial charge in [0.1, 0.15) is 11.4 Å². The van der Waals surface area contributed by atoms with Crippen LogP contribution in [0.4, 0.5) is 0 Å². The molecule has 0 N–H and O–H groups in total. The molecule has 0 aromatic carbocycles. The zero-order valence-corrected chi connectivity index (χ0v) is 16.8. The number of aryl methyl sites for hydroxylation is 3. The molecule has 0 radical (unpaired) electrons. The molecule has 2 aromatic heterocycles. The molecule has 1 aliphatic heterocycles. The minimum Gasteiger partial charge on any atom is -0.480 e. The minimum atomic E-state index is -0.0787. The quantitative estimate of drug-likeness (QED) is 0.797. The van der Waals surface area contributed by atoms with Crippen LogP contribution in [0.3, 0.4) is 0 Å². The number of aromatic nitrogens is 4. The maximum atomic E-state index is 13.1. The SMILES string of the molecule is CCn1c(C2CCN(C(=O)c3cc4c(nc3OC)CCC4)CC2)nn(C)c1=O. The van der Waals surface area contributed by atoms with Gasteiger partial charge in [-0.25, -0.2) is 14.5 Å². The number of nitrogens with zero attached hydrogens (tertiary/aromatic N) is 5. The Labute approximate surface area is 164 Å². The molecule has 1 saturated heterocycles. The monoisotopic (exact) mass is 385 g/mol. The molecule has 1 amide bonds. The zero-order chi connectivity index (χ0) is 19.8. The van der Waals surface area contributed by atoms with Gasteiger partial charge in [0, 0.05) is 38.3 Å². The summed E-state index contributed by atoms with van der Waals surface area (Å²) < 4.78 is 8.54. The summed E-state index contributed by atoms with van der Waals surface area (Å²) in [6, 6.07) is 1.97. The van der Waals surface area contributed by atoms with Crippen LogP contribution in [0.25, 0.3) is 0 Å². The molecular weight excluding hydrogens is 358 g/mol. The van der Waals surface area contributed by atoms with Crippen molar-refractivity contribution in [3.63, 3.8) is 0 Å². The fraction of sp³-hybridized carbons (Fsp3) is 0.600. The highest BCUT2D eigenvalue weighted by Crippen LogP contribution is 2.30. The van der Waals surface area contributed by atoms with Gasteiger partial charge in [-0.15, -0.1) is 0 Å². The first kappa shape index (κ1) is 18.7. The smallest absolute Gasteiger partial charge is 0.345 e. The molecule has 3 heterocycles. The lowest BCUT2D eigenvalue weighted by molar-refractivity contribution is 0.0705. The Morgan fingerprint density at radius 1 is 1.29 bits per heavy atom. The molecule has 2 aromatic rings. The third kappa shape index (κ3) is 3.10. The Hall–Kier alpha value is -2.64. The number of hydrogen-bond acceptors (Lipinski definition) is 5. The van der Waals surface area contributed by atoms with E-state index in [9.17, 15) is 9.59 Å². The van der Waals surface area contributed by atoms with Crippen molar-refractivity contribution in [1.29, 1.82) is 0 Å². The molecule has 0 bridgehead atoms.